The molecule has 4 aromatic rings. The van der Waals surface area contributed by atoms with Crippen LogP contribution in [0, 0.1) is 12.7 Å². The highest BCUT2D eigenvalue weighted by atomic mass is 35.5. The lowest BCUT2D eigenvalue weighted by molar-refractivity contribution is 0.0691. The smallest absolute Gasteiger partial charge is 0.338 e. The zero-order chi connectivity index (χ0) is 27.6. The molecule has 0 aliphatic rings. The molecular formula is C29H28Cl2FN3O3. The van der Waals surface area contributed by atoms with Crippen molar-refractivity contribution >= 4 is 34.9 Å². The third-order valence-electron chi connectivity index (χ3n) is 6.31. The highest BCUT2D eigenvalue weighted by molar-refractivity contribution is 6.37. The predicted octanol–water partition coefficient (Wildman–Crippen LogP) is 7.66. The first kappa shape index (κ1) is 27.5. The van der Waals surface area contributed by atoms with Crippen LogP contribution in [0.15, 0.2) is 60.8 Å². The predicted molar refractivity (Wildman–Crippen MR) is 149 cm³/mol. The van der Waals surface area contributed by atoms with Crippen molar-refractivity contribution < 1.29 is 19.0 Å². The van der Waals surface area contributed by atoms with E-state index in [1.54, 1.807) is 28.9 Å². The Bertz CT molecular complexity index is 1470. The molecule has 38 heavy (non-hydrogen) atoms. The van der Waals surface area contributed by atoms with E-state index >= 15 is 0 Å². The minimum absolute atomic E-state index is 0.217. The molecule has 1 aromatic heterocycles. The van der Waals surface area contributed by atoms with Crippen molar-refractivity contribution in [2.75, 3.05) is 11.9 Å². The van der Waals surface area contributed by atoms with Gasteiger partial charge in [-0.2, -0.15) is 5.10 Å². The first-order valence-corrected chi connectivity index (χ1v) is 12.8. The maximum absolute atomic E-state index is 13.8. The maximum atomic E-state index is 13.8. The van der Waals surface area contributed by atoms with E-state index in [0.717, 1.165) is 22.5 Å². The number of para-hydroxylation sites is 1. The van der Waals surface area contributed by atoms with E-state index in [4.69, 9.17) is 27.9 Å². The zero-order valence-electron chi connectivity index (χ0n) is 21.5. The molecular weight excluding hydrogens is 528 g/mol. The van der Waals surface area contributed by atoms with Gasteiger partial charge in [-0.25, -0.2) is 13.9 Å². The lowest BCUT2D eigenvalue weighted by Crippen LogP contribution is -2.18. The largest absolute Gasteiger partial charge is 0.487 e. The summed E-state index contributed by atoms with van der Waals surface area (Å²) in [5, 5.41) is 14.8. The highest BCUT2D eigenvalue weighted by Gasteiger charge is 2.20. The van der Waals surface area contributed by atoms with Gasteiger partial charge in [-0.1, -0.05) is 49.2 Å². The number of aromatic nitrogens is 2. The third-order valence-corrected chi connectivity index (χ3v) is 6.92. The number of hydrogen-bond acceptors (Lipinski definition) is 4. The topological polar surface area (TPSA) is 67.6 Å². The fourth-order valence-electron chi connectivity index (χ4n) is 4.39. The molecule has 0 aliphatic heterocycles. The Morgan fingerprint density at radius 2 is 1.84 bits per heavy atom. The average Bonchev–Trinajstić information content (AvgIpc) is 3.27. The molecule has 0 aliphatic carbocycles. The van der Waals surface area contributed by atoms with Gasteiger partial charge in [0.25, 0.3) is 0 Å². The van der Waals surface area contributed by atoms with Crippen molar-refractivity contribution in [3.63, 3.8) is 0 Å². The molecule has 198 valence electrons. The first-order valence-electron chi connectivity index (χ1n) is 12.0. The molecule has 1 heterocycles. The summed E-state index contributed by atoms with van der Waals surface area (Å²) in [7, 11) is 1.90. The summed E-state index contributed by atoms with van der Waals surface area (Å²) in [5.74, 6) is -1.14. The number of rotatable bonds is 9. The maximum Gasteiger partial charge on any atom is 0.338 e. The Hall–Kier alpha value is -3.55. The Kier molecular flexibility index (Phi) is 8.29. The van der Waals surface area contributed by atoms with E-state index in [-0.39, 0.29) is 18.1 Å². The van der Waals surface area contributed by atoms with E-state index in [9.17, 15) is 14.3 Å². The van der Waals surface area contributed by atoms with Gasteiger partial charge >= 0.3 is 5.97 Å². The second-order valence-electron chi connectivity index (χ2n) is 9.40. The second kappa shape index (κ2) is 11.5. The Labute approximate surface area is 231 Å². The van der Waals surface area contributed by atoms with Gasteiger partial charge in [0.1, 0.15) is 23.9 Å². The summed E-state index contributed by atoms with van der Waals surface area (Å²) in [6.07, 6.45) is 1.82. The third kappa shape index (κ3) is 5.79. The van der Waals surface area contributed by atoms with Crippen molar-refractivity contribution in [3.8, 4) is 11.4 Å². The lowest BCUT2D eigenvalue weighted by Gasteiger charge is -2.22. The highest BCUT2D eigenvalue weighted by Crippen LogP contribution is 2.32. The summed E-state index contributed by atoms with van der Waals surface area (Å²) in [5.41, 5.74) is 4.77. The molecule has 0 fully saturated rings. The van der Waals surface area contributed by atoms with Crippen LogP contribution in [0.3, 0.4) is 0 Å². The number of carboxylic acid groups (broad SMARTS) is 1. The van der Waals surface area contributed by atoms with Crippen molar-refractivity contribution in [1.29, 1.82) is 0 Å². The number of benzene rings is 3. The van der Waals surface area contributed by atoms with Gasteiger partial charge in [-0.05, 0) is 72.0 Å². The average molecular weight is 556 g/mol. The summed E-state index contributed by atoms with van der Waals surface area (Å²) < 4.78 is 21.7. The Morgan fingerprint density at radius 1 is 1.13 bits per heavy atom. The number of anilines is 1. The summed E-state index contributed by atoms with van der Waals surface area (Å²) in [6, 6.07) is 15.2. The van der Waals surface area contributed by atoms with Crippen molar-refractivity contribution in [3.05, 3.63) is 105 Å². The molecule has 0 amide bonds. The van der Waals surface area contributed by atoms with Crippen molar-refractivity contribution in [2.45, 2.75) is 39.8 Å². The molecule has 6 nitrogen and oxygen atoms in total. The number of carboxylic acids is 1. The molecule has 0 saturated carbocycles. The summed E-state index contributed by atoms with van der Waals surface area (Å²) in [6.45, 7) is 6.83. The van der Waals surface area contributed by atoms with Gasteiger partial charge < -0.3 is 14.7 Å². The number of halogens is 3. The summed E-state index contributed by atoms with van der Waals surface area (Å²) in [4.78, 5) is 13.3. The van der Waals surface area contributed by atoms with Crippen LogP contribution in [0.1, 0.15) is 52.5 Å². The zero-order valence-corrected chi connectivity index (χ0v) is 23.0. The van der Waals surface area contributed by atoms with Gasteiger partial charge in [0, 0.05) is 19.3 Å². The molecule has 0 saturated heterocycles. The number of ether oxygens (including phenoxy) is 1. The quantitative estimate of drug-likeness (QED) is 0.229. The number of aromatic carboxylic acids is 1. The van der Waals surface area contributed by atoms with Gasteiger partial charge in [0.2, 0.25) is 0 Å². The fraction of sp³-hybridized carbons (Fsp3) is 0.241. The van der Waals surface area contributed by atoms with Crippen LogP contribution in [-0.2, 0) is 13.2 Å². The van der Waals surface area contributed by atoms with Crippen LogP contribution in [0.5, 0.6) is 5.75 Å². The van der Waals surface area contributed by atoms with Gasteiger partial charge in [-0.15, -0.1) is 0 Å². The van der Waals surface area contributed by atoms with Gasteiger partial charge in [0.05, 0.1) is 27.5 Å². The molecule has 0 atom stereocenters. The van der Waals surface area contributed by atoms with Crippen LogP contribution >= 0.6 is 23.2 Å². The molecule has 0 spiro atoms. The van der Waals surface area contributed by atoms with E-state index in [0.29, 0.717) is 33.6 Å². The van der Waals surface area contributed by atoms with Crippen LogP contribution in [0.25, 0.3) is 5.69 Å². The monoisotopic (exact) mass is 555 g/mol. The standard InChI is InChI=1S/C29H28Cl2FN3O3/c1-17(2)22-14-33-35(28-23(30)6-5-7-24(28)31)27(22)16-38-20-9-11-26(18(3)12-20)34(4)15-19-8-10-25(32)21(13-19)29(36)37/h5-14,17H,15-16H2,1-4H3,(H,36,37). The Balaban J connectivity index is 1.54. The number of carbonyl (C=O) groups is 1. The number of hydrogen-bond donors (Lipinski definition) is 1. The lowest BCUT2D eigenvalue weighted by atomic mass is 10.0. The normalized spacial score (nSPS) is 11.2. The molecule has 1 N–H and O–H groups in total. The van der Waals surface area contributed by atoms with Crippen LogP contribution in [0.2, 0.25) is 10.0 Å². The van der Waals surface area contributed by atoms with Crippen LogP contribution in [0.4, 0.5) is 10.1 Å². The van der Waals surface area contributed by atoms with Gasteiger partial charge in [-0.3, -0.25) is 0 Å². The minimum atomic E-state index is -1.29. The van der Waals surface area contributed by atoms with Crippen molar-refractivity contribution in [1.82, 2.24) is 9.78 Å². The first-order chi connectivity index (χ1) is 18.1. The fourth-order valence-corrected chi connectivity index (χ4v) is 4.95. The number of aryl methyl sites for hydroxylation is 1. The molecule has 0 bridgehead atoms. The van der Waals surface area contributed by atoms with E-state index in [2.05, 4.69) is 18.9 Å². The van der Waals surface area contributed by atoms with E-state index < -0.39 is 11.8 Å². The Morgan fingerprint density at radius 3 is 2.47 bits per heavy atom. The molecule has 9 heteroatoms. The van der Waals surface area contributed by atoms with Crippen molar-refractivity contribution in [2.24, 2.45) is 0 Å². The molecule has 3 aromatic carbocycles. The molecule has 0 unspecified atom stereocenters. The van der Waals surface area contributed by atoms with E-state index in [1.807, 2.05) is 43.3 Å². The SMILES string of the molecule is Cc1cc(OCc2c(C(C)C)cnn2-c2c(Cl)cccc2Cl)ccc1N(C)Cc1ccc(F)c(C(=O)O)c1. The summed E-state index contributed by atoms with van der Waals surface area (Å²) >= 11 is 12.9. The van der Waals surface area contributed by atoms with Gasteiger partial charge in [0.15, 0.2) is 0 Å². The number of nitrogens with zero attached hydrogens (tertiary/aromatic N) is 3. The van der Waals surface area contributed by atoms with E-state index in [1.165, 1.54) is 12.1 Å². The minimum Gasteiger partial charge on any atom is -0.487 e. The molecule has 4 rings (SSSR count). The molecule has 0 radical (unpaired) electrons. The van der Waals surface area contributed by atoms with Crippen LogP contribution in [-0.4, -0.2) is 27.9 Å². The second-order valence-corrected chi connectivity index (χ2v) is 10.2. The van der Waals surface area contributed by atoms with Crippen LogP contribution < -0.4 is 9.64 Å².